The number of anilines is 1. The Hall–Kier alpha value is -1.47. The number of aryl methyl sites for hydroxylation is 2. The highest BCUT2D eigenvalue weighted by atomic mass is 32.1. The van der Waals surface area contributed by atoms with Crippen LogP contribution in [0.4, 0.5) is 5.13 Å². The zero-order chi connectivity index (χ0) is 14.0. The molecule has 0 aliphatic heterocycles. The zero-order valence-corrected chi connectivity index (χ0v) is 12.3. The second-order valence-corrected chi connectivity index (χ2v) is 5.98. The molecule has 1 saturated carbocycles. The van der Waals surface area contributed by atoms with Crippen LogP contribution in [0.2, 0.25) is 0 Å². The second-order valence-electron chi connectivity index (χ2n) is 5.09. The van der Waals surface area contributed by atoms with E-state index < -0.39 is 0 Å². The fourth-order valence-corrected chi connectivity index (χ4v) is 3.01. The number of aromatic nitrogens is 3. The molecule has 0 amide bonds. The van der Waals surface area contributed by atoms with E-state index in [1.54, 1.807) is 7.11 Å². The number of methoxy groups -OCH3 is 1. The van der Waals surface area contributed by atoms with Crippen LogP contribution in [0.1, 0.15) is 43.1 Å². The van der Waals surface area contributed by atoms with Crippen molar-refractivity contribution in [2.45, 2.75) is 44.1 Å². The summed E-state index contributed by atoms with van der Waals surface area (Å²) in [5.41, 5.74) is 6.33. The summed E-state index contributed by atoms with van der Waals surface area (Å²) >= 11 is 1.47. The number of thiazole rings is 1. The zero-order valence-electron chi connectivity index (χ0n) is 11.5. The van der Waals surface area contributed by atoms with E-state index in [4.69, 9.17) is 15.0 Å². The first-order valence-electron chi connectivity index (χ1n) is 6.80. The lowest BCUT2D eigenvalue weighted by atomic mass is 9.79. The molecule has 1 aliphatic rings. The molecular formula is C13H18N4O2S. The molecule has 3 rings (SSSR count). The Morgan fingerprint density at radius 2 is 2.25 bits per heavy atom. The third-order valence-electron chi connectivity index (χ3n) is 3.82. The molecule has 2 heterocycles. The molecule has 2 aromatic heterocycles. The Bertz CT molecular complexity index is 571. The van der Waals surface area contributed by atoms with Gasteiger partial charge >= 0.3 is 0 Å². The average molecular weight is 294 g/mol. The highest BCUT2D eigenvalue weighted by molar-refractivity contribution is 7.13. The minimum Gasteiger partial charge on any atom is -0.375 e. The van der Waals surface area contributed by atoms with Gasteiger partial charge in [-0.15, -0.1) is 11.3 Å². The first-order chi connectivity index (χ1) is 9.72. The summed E-state index contributed by atoms with van der Waals surface area (Å²) in [4.78, 5) is 8.70. The van der Waals surface area contributed by atoms with Crippen LogP contribution in [-0.2, 0) is 23.2 Å². The van der Waals surface area contributed by atoms with Gasteiger partial charge in [0.25, 0.3) is 0 Å². The van der Waals surface area contributed by atoms with Gasteiger partial charge in [-0.05, 0) is 32.1 Å². The molecule has 20 heavy (non-hydrogen) atoms. The average Bonchev–Trinajstić information content (AvgIpc) is 2.99. The van der Waals surface area contributed by atoms with Crippen LogP contribution < -0.4 is 5.73 Å². The molecular weight excluding hydrogens is 276 g/mol. The van der Waals surface area contributed by atoms with E-state index in [2.05, 4.69) is 15.1 Å². The van der Waals surface area contributed by atoms with Gasteiger partial charge in [-0.1, -0.05) is 5.16 Å². The molecule has 0 atom stereocenters. The minimum atomic E-state index is -0.300. The summed E-state index contributed by atoms with van der Waals surface area (Å²) in [6, 6.07) is 0. The Kier molecular flexibility index (Phi) is 3.71. The molecule has 2 aromatic rings. The van der Waals surface area contributed by atoms with Crippen molar-refractivity contribution in [3.05, 3.63) is 22.8 Å². The van der Waals surface area contributed by atoms with Crippen molar-refractivity contribution in [2.75, 3.05) is 12.8 Å². The Balaban J connectivity index is 1.55. The van der Waals surface area contributed by atoms with E-state index in [1.165, 1.54) is 11.3 Å². The largest absolute Gasteiger partial charge is 0.375 e. The number of nitrogens with zero attached hydrogens (tertiary/aromatic N) is 3. The highest BCUT2D eigenvalue weighted by Gasteiger charge is 2.43. The number of rotatable bonds is 6. The standard InChI is InChI=1S/C13H18N4O2S/c1-18-13(6-3-7-13)11-16-10(19-17-11)5-2-4-9-8-20-12(14)15-9/h8H,2-7H2,1H3,(H2,14,15). The third-order valence-corrected chi connectivity index (χ3v) is 4.54. The fraction of sp³-hybridized carbons (Fsp3) is 0.615. The van der Waals surface area contributed by atoms with E-state index in [0.717, 1.165) is 44.2 Å². The van der Waals surface area contributed by atoms with Crippen LogP contribution in [0.3, 0.4) is 0 Å². The lowest BCUT2D eigenvalue weighted by Gasteiger charge is -2.37. The summed E-state index contributed by atoms with van der Waals surface area (Å²) in [6.07, 6.45) is 5.65. The summed E-state index contributed by atoms with van der Waals surface area (Å²) in [5, 5.41) is 6.67. The SMILES string of the molecule is COC1(c2noc(CCCc3csc(N)n3)n2)CCC1. The molecule has 0 aromatic carbocycles. The molecule has 0 spiro atoms. The van der Waals surface area contributed by atoms with Gasteiger partial charge in [0.2, 0.25) is 11.7 Å². The van der Waals surface area contributed by atoms with E-state index in [0.29, 0.717) is 16.8 Å². The topological polar surface area (TPSA) is 87.1 Å². The quantitative estimate of drug-likeness (QED) is 0.879. The number of nitrogen functional groups attached to an aromatic ring is 1. The molecule has 6 nitrogen and oxygen atoms in total. The third kappa shape index (κ3) is 2.55. The van der Waals surface area contributed by atoms with Crippen LogP contribution in [0.5, 0.6) is 0 Å². The van der Waals surface area contributed by atoms with Crippen molar-refractivity contribution in [3.8, 4) is 0 Å². The molecule has 2 N–H and O–H groups in total. The van der Waals surface area contributed by atoms with Gasteiger partial charge in [-0.3, -0.25) is 0 Å². The first-order valence-corrected chi connectivity index (χ1v) is 7.68. The van der Waals surface area contributed by atoms with Gasteiger partial charge in [-0.25, -0.2) is 4.98 Å². The fourth-order valence-electron chi connectivity index (χ4n) is 2.42. The van der Waals surface area contributed by atoms with Gasteiger partial charge in [0.15, 0.2) is 5.13 Å². The van der Waals surface area contributed by atoms with Gasteiger partial charge in [0.1, 0.15) is 5.60 Å². The van der Waals surface area contributed by atoms with Crippen LogP contribution in [-0.4, -0.2) is 22.2 Å². The predicted molar refractivity (Wildman–Crippen MR) is 75.4 cm³/mol. The molecule has 0 bridgehead atoms. The van der Waals surface area contributed by atoms with Gasteiger partial charge in [0, 0.05) is 18.9 Å². The van der Waals surface area contributed by atoms with Gasteiger partial charge in [0.05, 0.1) is 5.69 Å². The van der Waals surface area contributed by atoms with Gasteiger partial charge < -0.3 is 15.0 Å². The molecule has 0 saturated heterocycles. The molecule has 0 radical (unpaired) electrons. The number of nitrogens with two attached hydrogens (primary N) is 1. The van der Waals surface area contributed by atoms with Crippen molar-refractivity contribution in [1.82, 2.24) is 15.1 Å². The number of hydrogen-bond donors (Lipinski definition) is 1. The van der Waals surface area contributed by atoms with Crippen molar-refractivity contribution in [2.24, 2.45) is 0 Å². The Morgan fingerprint density at radius 1 is 1.40 bits per heavy atom. The Morgan fingerprint density at radius 3 is 2.85 bits per heavy atom. The maximum atomic E-state index is 5.60. The maximum absolute atomic E-state index is 5.60. The normalized spacial score (nSPS) is 17.1. The van der Waals surface area contributed by atoms with Gasteiger partial charge in [-0.2, -0.15) is 4.98 Å². The summed E-state index contributed by atoms with van der Waals surface area (Å²) < 4.78 is 10.9. The molecule has 7 heteroatoms. The highest BCUT2D eigenvalue weighted by Crippen LogP contribution is 2.42. The van der Waals surface area contributed by atoms with Crippen molar-refractivity contribution < 1.29 is 9.26 Å². The lowest BCUT2D eigenvalue weighted by molar-refractivity contribution is -0.0858. The van der Waals surface area contributed by atoms with E-state index in [1.807, 2.05) is 5.38 Å². The van der Waals surface area contributed by atoms with Crippen molar-refractivity contribution in [1.29, 1.82) is 0 Å². The number of hydrogen-bond acceptors (Lipinski definition) is 7. The van der Waals surface area contributed by atoms with Crippen LogP contribution in [0.25, 0.3) is 0 Å². The smallest absolute Gasteiger partial charge is 0.226 e. The Labute approximate surface area is 121 Å². The van der Waals surface area contributed by atoms with E-state index in [-0.39, 0.29) is 5.60 Å². The summed E-state index contributed by atoms with van der Waals surface area (Å²) in [5.74, 6) is 1.37. The first kappa shape index (κ1) is 13.5. The molecule has 0 unspecified atom stereocenters. The van der Waals surface area contributed by atoms with Crippen LogP contribution in [0, 0.1) is 0 Å². The van der Waals surface area contributed by atoms with Crippen LogP contribution >= 0.6 is 11.3 Å². The maximum Gasteiger partial charge on any atom is 0.226 e. The molecule has 1 aliphatic carbocycles. The monoisotopic (exact) mass is 294 g/mol. The summed E-state index contributed by atoms with van der Waals surface area (Å²) in [7, 11) is 1.71. The van der Waals surface area contributed by atoms with Crippen molar-refractivity contribution >= 4 is 16.5 Å². The van der Waals surface area contributed by atoms with Crippen molar-refractivity contribution in [3.63, 3.8) is 0 Å². The second kappa shape index (κ2) is 5.49. The summed E-state index contributed by atoms with van der Waals surface area (Å²) in [6.45, 7) is 0. The molecule has 108 valence electrons. The molecule has 1 fully saturated rings. The number of ether oxygens (including phenoxy) is 1. The predicted octanol–water partition coefficient (Wildman–Crippen LogP) is 2.31. The van der Waals surface area contributed by atoms with E-state index >= 15 is 0 Å². The lowest BCUT2D eigenvalue weighted by Crippen LogP contribution is -2.37. The van der Waals surface area contributed by atoms with Crippen LogP contribution in [0.15, 0.2) is 9.90 Å². The minimum absolute atomic E-state index is 0.300. The van der Waals surface area contributed by atoms with E-state index in [9.17, 15) is 0 Å².